The molecule has 1 fully saturated rings. The molecule has 18 heavy (non-hydrogen) atoms. The third-order valence-corrected chi connectivity index (χ3v) is 2.92. The molecule has 0 unspecified atom stereocenters. The Morgan fingerprint density at radius 2 is 2.00 bits per heavy atom. The summed E-state index contributed by atoms with van der Waals surface area (Å²) in [6, 6.07) is 6.93. The van der Waals surface area contributed by atoms with E-state index in [9.17, 15) is 9.59 Å². The second-order valence-corrected chi connectivity index (χ2v) is 4.19. The van der Waals surface area contributed by atoms with Gasteiger partial charge in [-0.25, -0.2) is 0 Å². The number of ether oxygens (including phenoxy) is 1. The van der Waals surface area contributed by atoms with Crippen LogP contribution in [0.1, 0.15) is 12.8 Å². The molecule has 0 aliphatic carbocycles. The van der Waals surface area contributed by atoms with Gasteiger partial charge in [-0.3, -0.25) is 9.59 Å². The number of benzene rings is 1. The zero-order valence-electron chi connectivity index (χ0n) is 10.3. The van der Waals surface area contributed by atoms with E-state index in [0.717, 1.165) is 12.8 Å². The average Bonchev–Trinajstić information content (AvgIpc) is 2.92. The minimum atomic E-state index is -0.592. The Kier molecular flexibility index (Phi) is 3.82. The number of carbonyl (C=O) groups is 2. The summed E-state index contributed by atoms with van der Waals surface area (Å²) in [5, 5.41) is 2.58. The first-order valence-corrected chi connectivity index (χ1v) is 5.95. The normalized spacial score (nSPS) is 14.4. The Hall–Kier alpha value is -2.04. The minimum absolute atomic E-state index is 0.463. The Labute approximate surface area is 106 Å². The lowest BCUT2D eigenvalue weighted by molar-refractivity contribution is -0.142. The molecule has 0 bridgehead atoms. The number of nitrogens with zero attached hydrogens (tertiary/aromatic N) is 1. The maximum atomic E-state index is 11.8. The fourth-order valence-electron chi connectivity index (χ4n) is 1.95. The fraction of sp³-hybridized carbons (Fsp3) is 0.385. The van der Waals surface area contributed by atoms with Crippen LogP contribution in [0.4, 0.5) is 5.69 Å². The Balaban J connectivity index is 1.99. The molecule has 96 valence electrons. The molecule has 5 heteroatoms. The first-order chi connectivity index (χ1) is 8.70. The van der Waals surface area contributed by atoms with Gasteiger partial charge in [-0.2, -0.15) is 0 Å². The molecule has 0 saturated carbocycles. The molecule has 1 aromatic rings. The van der Waals surface area contributed by atoms with Crippen LogP contribution < -0.4 is 10.1 Å². The summed E-state index contributed by atoms with van der Waals surface area (Å²) in [5.41, 5.74) is 0.562. The highest BCUT2D eigenvalue weighted by Crippen LogP contribution is 2.17. The standard InChI is InChI=1S/C13H16N2O3/c1-18-11-6-4-5-10(9-11)14-12(16)13(17)15-7-2-3-8-15/h4-6,9H,2-3,7-8H2,1H3,(H,14,16). The van der Waals surface area contributed by atoms with E-state index < -0.39 is 11.8 Å². The van der Waals surface area contributed by atoms with Gasteiger partial charge in [-0.15, -0.1) is 0 Å². The summed E-state index contributed by atoms with van der Waals surface area (Å²) >= 11 is 0. The van der Waals surface area contributed by atoms with Crippen molar-refractivity contribution >= 4 is 17.5 Å². The zero-order chi connectivity index (χ0) is 13.0. The van der Waals surface area contributed by atoms with Crippen molar-refractivity contribution in [2.45, 2.75) is 12.8 Å². The van der Waals surface area contributed by atoms with Gasteiger partial charge in [0.05, 0.1) is 7.11 Å². The van der Waals surface area contributed by atoms with E-state index in [1.54, 1.807) is 36.3 Å². The number of likely N-dealkylation sites (tertiary alicyclic amines) is 1. The van der Waals surface area contributed by atoms with Gasteiger partial charge in [0.1, 0.15) is 5.75 Å². The van der Waals surface area contributed by atoms with Crippen LogP contribution in [0.15, 0.2) is 24.3 Å². The lowest BCUT2D eigenvalue weighted by Gasteiger charge is -2.14. The highest BCUT2D eigenvalue weighted by atomic mass is 16.5. The second kappa shape index (κ2) is 5.53. The highest BCUT2D eigenvalue weighted by Gasteiger charge is 2.24. The van der Waals surface area contributed by atoms with Crippen LogP contribution in [0.25, 0.3) is 0 Å². The lowest BCUT2D eigenvalue weighted by atomic mass is 10.3. The monoisotopic (exact) mass is 248 g/mol. The summed E-state index contributed by atoms with van der Waals surface area (Å²) < 4.78 is 5.05. The number of rotatable bonds is 2. The van der Waals surface area contributed by atoms with Crippen molar-refractivity contribution in [3.05, 3.63) is 24.3 Å². The van der Waals surface area contributed by atoms with Gasteiger partial charge >= 0.3 is 11.8 Å². The Bertz CT molecular complexity index is 453. The smallest absolute Gasteiger partial charge is 0.313 e. The first kappa shape index (κ1) is 12.4. The number of hydrogen-bond donors (Lipinski definition) is 1. The van der Waals surface area contributed by atoms with E-state index >= 15 is 0 Å². The number of hydrogen-bond acceptors (Lipinski definition) is 3. The van der Waals surface area contributed by atoms with Crippen LogP contribution in [0.3, 0.4) is 0 Å². The van der Waals surface area contributed by atoms with Gasteiger partial charge in [0.25, 0.3) is 0 Å². The summed E-state index contributed by atoms with van der Waals surface area (Å²) in [5.74, 6) is -0.415. The molecule has 0 spiro atoms. The van der Waals surface area contributed by atoms with E-state index in [0.29, 0.717) is 24.5 Å². The molecule has 1 saturated heterocycles. The van der Waals surface area contributed by atoms with Crippen molar-refractivity contribution < 1.29 is 14.3 Å². The minimum Gasteiger partial charge on any atom is -0.497 e. The van der Waals surface area contributed by atoms with Crippen molar-refractivity contribution in [1.29, 1.82) is 0 Å². The molecule has 2 rings (SSSR count). The van der Waals surface area contributed by atoms with Crippen molar-refractivity contribution in [3.63, 3.8) is 0 Å². The largest absolute Gasteiger partial charge is 0.497 e. The van der Waals surface area contributed by atoms with Gasteiger partial charge in [-0.1, -0.05) is 6.07 Å². The van der Waals surface area contributed by atoms with Crippen LogP contribution in [-0.4, -0.2) is 36.9 Å². The molecule has 2 amide bonds. The average molecular weight is 248 g/mol. The molecule has 0 radical (unpaired) electrons. The SMILES string of the molecule is COc1cccc(NC(=O)C(=O)N2CCCC2)c1. The van der Waals surface area contributed by atoms with Crippen LogP contribution in [0.2, 0.25) is 0 Å². The number of anilines is 1. The summed E-state index contributed by atoms with van der Waals surface area (Å²) in [4.78, 5) is 25.1. The maximum absolute atomic E-state index is 11.8. The molecule has 1 heterocycles. The quantitative estimate of drug-likeness (QED) is 0.801. The Morgan fingerprint density at radius 3 is 2.67 bits per heavy atom. The van der Waals surface area contributed by atoms with Crippen molar-refractivity contribution in [2.24, 2.45) is 0 Å². The lowest BCUT2D eigenvalue weighted by Crippen LogP contribution is -2.37. The van der Waals surface area contributed by atoms with Crippen LogP contribution in [-0.2, 0) is 9.59 Å². The molecular formula is C13H16N2O3. The zero-order valence-corrected chi connectivity index (χ0v) is 10.3. The predicted molar refractivity (Wildman–Crippen MR) is 67.4 cm³/mol. The van der Waals surface area contributed by atoms with Crippen LogP contribution in [0, 0.1) is 0 Å². The fourth-order valence-corrected chi connectivity index (χ4v) is 1.95. The van der Waals surface area contributed by atoms with Crippen molar-refractivity contribution in [2.75, 3.05) is 25.5 Å². The maximum Gasteiger partial charge on any atom is 0.313 e. The van der Waals surface area contributed by atoms with E-state index in [1.807, 2.05) is 0 Å². The number of nitrogens with one attached hydrogen (secondary N) is 1. The van der Waals surface area contributed by atoms with Crippen LogP contribution in [0.5, 0.6) is 5.75 Å². The van der Waals surface area contributed by atoms with E-state index in [-0.39, 0.29) is 0 Å². The molecule has 0 atom stereocenters. The molecule has 1 aromatic carbocycles. The molecule has 1 aliphatic heterocycles. The molecule has 1 N–H and O–H groups in total. The molecule has 5 nitrogen and oxygen atoms in total. The Morgan fingerprint density at radius 1 is 1.28 bits per heavy atom. The number of amides is 2. The van der Waals surface area contributed by atoms with Gasteiger partial charge in [0, 0.05) is 24.8 Å². The number of methoxy groups -OCH3 is 1. The third-order valence-electron chi connectivity index (χ3n) is 2.92. The van der Waals surface area contributed by atoms with Crippen molar-refractivity contribution in [1.82, 2.24) is 4.90 Å². The first-order valence-electron chi connectivity index (χ1n) is 5.95. The van der Waals surface area contributed by atoms with Crippen LogP contribution >= 0.6 is 0 Å². The van der Waals surface area contributed by atoms with E-state index in [2.05, 4.69) is 5.32 Å². The highest BCUT2D eigenvalue weighted by molar-refractivity contribution is 6.39. The van der Waals surface area contributed by atoms with Gasteiger partial charge in [0.15, 0.2) is 0 Å². The number of carbonyl (C=O) groups excluding carboxylic acids is 2. The predicted octanol–water partition coefficient (Wildman–Crippen LogP) is 1.26. The van der Waals surface area contributed by atoms with Gasteiger partial charge < -0.3 is 15.0 Å². The topological polar surface area (TPSA) is 58.6 Å². The summed E-state index contributed by atoms with van der Waals surface area (Å²) in [7, 11) is 1.55. The molecule has 1 aliphatic rings. The van der Waals surface area contributed by atoms with Gasteiger partial charge in [-0.05, 0) is 25.0 Å². The van der Waals surface area contributed by atoms with E-state index in [4.69, 9.17) is 4.74 Å². The second-order valence-electron chi connectivity index (χ2n) is 4.19. The molecular weight excluding hydrogens is 232 g/mol. The summed E-state index contributed by atoms with van der Waals surface area (Å²) in [6.07, 6.45) is 1.94. The molecule has 0 aromatic heterocycles. The van der Waals surface area contributed by atoms with Crippen molar-refractivity contribution in [3.8, 4) is 5.75 Å². The third kappa shape index (κ3) is 2.80. The van der Waals surface area contributed by atoms with E-state index in [1.165, 1.54) is 0 Å². The summed E-state index contributed by atoms with van der Waals surface area (Å²) in [6.45, 7) is 1.34. The van der Waals surface area contributed by atoms with Gasteiger partial charge in [0.2, 0.25) is 0 Å².